The third kappa shape index (κ3) is 4.39. The number of amides is 1. The summed E-state index contributed by atoms with van der Waals surface area (Å²) in [6.07, 6.45) is 0. The average molecular weight is 376 g/mol. The first-order valence-electron chi connectivity index (χ1n) is 8.47. The molecule has 0 aliphatic rings. The lowest BCUT2D eigenvalue weighted by Gasteiger charge is -2.11. The maximum Gasteiger partial charge on any atom is 0.343 e. The average Bonchev–Trinajstić information content (AvgIpc) is 2.63. The molecule has 0 aliphatic carbocycles. The van der Waals surface area contributed by atoms with E-state index < -0.39 is 5.97 Å². The van der Waals surface area contributed by atoms with Crippen LogP contribution in [0.3, 0.4) is 0 Å². The van der Waals surface area contributed by atoms with Crippen molar-refractivity contribution < 1.29 is 14.3 Å². The number of carbonyl (C=O) groups is 2. The topological polar surface area (TPSA) is 133 Å². The molecule has 1 amide bonds. The first-order chi connectivity index (χ1) is 13.3. The summed E-state index contributed by atoms with van der Waals surface area (Å²) in [5.41, 5.74) is 20.5. The molecule has 0 aliphatic heterocycles. The fraction of sp³-hybridized carbons (Fsp3) is 0.0476. The maximum atomic E-state index is 12.3. The van der Waals surface area contributed by atoms with Crippen molar-refractivity contribution in [3.05, 3.63) is 77.4 Å². The van der Waals surface area contributed by atoms with Crippen LogP contribution in [0.5, 0.6) is 5.75 Å². The van der Waals surface area contributed by atoms with Gasteiger partial charge < -0.3 is 27.3 Å². The summed E-state index contributed by atoms with van der Waals surface area (Å²) in [4.78, 5) is 24.6. The summed E-state index contributed by atoms with van der Waals surface area (Å²) in [5.74, 6) is -0.735. The first-order valence-corrected chi connectivity index (χ1v) is 8.47. The Morgan fingerprint density at radius 3 is 2.07 bits per heavy atom. The van der Waals surface area contributed by atoms with E-state index in [1.54, 1.807) is 18.2 Å². The summed E-state index contributed by atoms with van der Waals surface area (Å²) >= 11 is 0. The molecular formula is C21H20N4O3. The molecule has 0 saturated carbocycles. The van der Waals surface area contributed by atoms with Gasteiger partial charge in [0, 0.05) is 22.6 Å². The Morgan fingerprint density at radius 2 is 1.46 bits per heavy atom. The van der Waals surface area contributed by atoms with E-state index in [2.05, 4.69) is 5.32 Å². The largest absolute Gasteiger partial charge is 0.421 e. The Balaban J connectivity index is 1.72. The molecule has 28 heavy (non-hydrogen) atoms. The number of hydrogen-bond acceptors (Lipinski definition) is 6. The van der Waals surface area contributed by atoms with Crippen LogP contribution in [0.2, 0.25) is 0 Å². The molecule has 0 radical (unpaired) electrons. The third-order valence-electron chi connectivity index (χ3n) is 4.00. The van der Waals surface area contributed by atoms with Crippen LogP contribution in [0.4, 0.5) is 22.7 Å². The molecule has 7 nitrogen and oxygen atoms in total. The zero-order chi connectivity index (χ0) is 20.3. The lowest BCUT2D eigenvalue weighted by atomic mass is 10.1. The van der Waals surface area contributed by atoms with E-state index in [0.29, 0.717) is 22.6 Å². The number of anilines is 4. The van der Waals surface area contributed by atoms with Crippen molar-refractivity contribution in [2.24, 2.45) is 0 Å². The van der Waals surface area contributed by atoms with E-state index in [1.165, 1.54) is 30.3 Å². The number of benzene rings is 3. The van der Waals surface area contributed by atoms with Crippen LogP contribution in [-0.2, 0) is 0 Å². The summed E-state index contributed by atoms with van der Waals surface area (Å²) < 4.78 is 5.31. The normalized spacial score (nSPS) is 10.3. The third-order valence-corrected chi connectivity index (χ3v) is 4.00. The van der Waals surface area contributed by atoms with Gasteiger partial charge in [-0.3, -0.25) is 4.79 Å². The fourth-order valence-corrected chi connectivity index (χ4v) is 2.58. The number of hydrogen-bond donors (Lipinski definition) is 4. The lowest BCUT2D eigenvalue weighted by molar-refractivity contribution is 0.0735. The molecule has 0 unspecified atom stereocenters. The van der Waals surface area contributed by atoms with Crippen LogP contribution < -0.4 is 27.3 Å². The highest BCUT2D eigenvalue weighted by Crippen LogP contribution is 2.27. The van der Waals surface area contributed by atoms with E-state index >= 15 is 0 Å². The van der Waals surface area contributed by atoms with Gasteiger partial charge in [-0.15, -0.1) is 0 Å². The zero-order valence-corrected chi connectivity index (χ0v) is 15.2. The molecule has 7 heteroatoms. The van der Waals surface area contributed by atoms with Gasteiger partial charge in [-0.25, -0.2) is 4.79 Å². The van der Waals surface area contributed by atoms with Crippen LogP contribution in [0.1, 0.15) is 26.3 Å². The SMILES string of the molecule is Cc1ccc(C(=O)Nc2ccc(OC(=O)c3cc(N)cc(N)c3)c(N)c2)cc1. The highest BCUT2D eigenvalue weighted by molar-refractivity contribution is 6.04. The quantitative estimate of drug-likeness (QED) is 0.314. The minimum Gasteiger partial charge on any atom is -0.421 e. The van der Waals surface area contributed by atoms with E-state index in [4.69, 9.17) is 21.9 Å². The van der Waals surface area contributed by atoms with Gasteiger partial charge in [0.05, 0.1) is 11.3 Å². The second-order valence-electron chi connectivity index (χ2n) is 6.35. The number of nitrogens with one attached hydrogen (secondary N) is 1. The van der Waals surface area contributed by atoms with Crippen LogP contribution in [-0.4, -0.2) is 11.9 Å². The molecule has 142 valence electrons. The number of nitrogens with two attached hydrogens (primary N) is 3. The van der Waals surface area contributed by atoms with Crippen molar-refractivity contribution in [1.29, 1.82) is 0 Å². The molecule has 0 bridgehead atoms. The smallest absolute Gasteiger partial charge is 0.343 e. The standard InChI is InChI=1S/C21H20N4O3/c1-12-2-4-13(5-3-12)20(26)25-17-6-7-19(18(24)11-17)28-21(27)14-8-15(22)10-16(23)9-14/h2-11H,22-24H2,1H3,(H,25,26). The Labute approximate surface area is 162 Å². The molecule has 0 spiro atoms. The van der Waals surface area contributed by atoms with Crippen molar-refractivity contribution in [2.45, 2.75) is 6.92 Å². The van der Waals surface area contributed by atoms with Gasteiger partial charge in [-0.1, -0.05) is 17.7 Å². The van der Waals surface area contributed by atoms with Crippen LogP contribution >= 0.6 is 0 Å². The van der Waals surface area contributed by atoms with Crippen LogP contribution in [0.15, 0.2) is 60.7 Å². The van der Waals surface area contributed by atoms with Gasteiger partial charge in [-0.2, -0.15) is 0 Å². The van der Waals surface area contributed by atoms with Gasteiger partial charge in [0.15, 0.2) is 5.75 Å². The van der Waals surface area contributed by atoms with E-state index in [1.807, 2.05) is 19.1 Å². The molecular weight excluding hydrogens is 356 g/mol. The Kier molecular flexibility index (Phi) is 5.17. The second kappa shape index (κ2) is 7.71. The summed E-state index contributed by atoms with van der Waals surface area (Å²) in [6, 6.07) is 16.3. The number of carbonyl (C=O) groups excluding carboxylic acids is 2. The predicted molar refractivity (Wildman–Crippen MR) is 110 cm³/mol. The number of esters is 1. The van der Waals surface area contributed by atoms with Crippen molar-refractivity contribution in [3.63, 3.8) is 0 Å². The highest BCUT2D eigenvalue weighted by Gasteiger charge is 2.13. The molecule has 3 rings (SSSR count). The number of nitrogen functional groups attached to an aromatic ring is 3. The number of rotatable bonds is 4. The van der Waals surface area contributed by atoms with Gasteiger partial charge in [0.2, 0.25) is 0 Å². The number of ether oxygens (including phenoxy) is 1. The highest BCUT2D eigenvalue weighted by atomic mass is 16.5. The molecule has 0 aromatic heterocycles. The number of aryl methyl sites for hydroxylation is 1. The fourth-order valence-electron chi connectivity index (χ4n) is 2.58. The molecule has 0 atom stereocenters. The summed E-state index contributed by atoms with van der Waals surface area (Å²) in [7, 11) is 0. The van der Waals surface area contributed by atoms with E-state index in [9.17, 15) is 9.59 Å². The van der Waals surface area contributed by atoms with Gasteiger partial charge in [0.1, 0.15) is 0 Å². The van der Waals surface area contributed by atoms with Crippen LogP contribution in [0.25, 0.3) is 0 Å². The molecule has 0 fully saturated rings. The van der Waals surface area contributed by atoms with E-state index in [-0.39, 0.29) is 22.9 Å². The van der Waals surface area contributed by atoms with Crippen molar-refractivity contribution >= 4 is 34.6 Å². The minimum absolute atomic E-state index is 0.166. The van der Waals surface area contributed by atoms with E-state index in [0.717, 1.165) is 5.56 Å². The Morgan fingerprint density at radius 1 is 0.821 bits per heavy atom. The minimum atomic E-state index is -0.637. The maximum absolute atomic E-state index is 12.3. The van der Waals surface area contributed by atoms with Crippen molar-refractivity contribution in [1.82, 2.24) is 0 Å². The Bertz CT molecular complexity index is 1030. The summed E-state index contributed by atoms with van der Waals surface area (Å²) in [6.45, 7) is 1.94. The molecule has 0 heterocycles. The van der Waals surface area contributed by atoms with Gasteiger partial charge in [0.25, 0.3) is 5.91 Å². The molecule has 7 N–H and O–H groups in total. The second-order valence-corrected chi connectivity index (χ2v) is 6.35. The van der Waals surface area contributed by atoms with Crippen molar-refractivity contribution in [2.75, 3.05) is 22.5 Å². The predicted octanol–water partition coefficient (Wildman–Crippen LogP) is 3.21. The zero-order valence-electron chi connectivity index (χ0n) is 15.2. The van der Waals surface area contributed by atoms with Gasteiger partial charge in [-0.05, 0) is 55.5 Å². The van der Waals surface area contributed by atoms with Crippen molar-refractivity contribution in [3.8, 4) is 5.75 Å². The lowest BCUT2D eigenvalue weighted by Crippen LogP contribution is -2.13. The molecule has 0 saturated heterocycles. The molecule has 3 aromatic rings. The molecule has 3 aromatic carbocycles. The van der Waals surface area contributed by atoms with Gasteiger partial charge >= 0.3 is 5.97 Å². The first kappa shape index (κ1) is 18.8. The monoisotopic (exact) mass is 376 g/mol. The Hall–Kier alpha value is -4.00. The summed E-state index contributed by atoms with van der Waals surface area (Å²) in [5, 5.41) is 2.75. The van der Waals surface area contributed by atoms with Crippen LogP contribution in [0, 0.1) is 6.92 Å².